The fraction of sp³-hybridized carbons (Fsp3) is 0.286. The van der Waals surface area contributed by atoms with Crippen LogP contribution in [0.2, 0.25) is 0 Å². The molecule has 154 valence electrons. The Hall–Kier alpha value is -3.33. The van der Waals surface area contributed by atoms with Crippen molar-refractivity contribution in [2.45, 2.75) is 25.7 Å². The molecule has 9 heteroatoms. The summed E-state index contributed by atoms with van der Waals surface area (Å²) >= 11 is 1.37. The molecule has 0 aliphatic heterocycles. The number of benzene rings is 1. The van der Waals surface area contributed by atoms with E-state index in [-0.39, 0.29) is 5.69 Å². The zero-order chi connectivity index (χ0) is 21.1. The van der Waals surface area contributed by atoms with Gasteiger partial charge < -0.3 is 14.8 Å². The van der Waals surface area contributed by atoms with Crippen LogP contribution in [0.4, 0.5) is 5.00 Å². The van der Waals surface area contributed by atoms with Crippen molar-refractivity contribution in [3.63, 3.8) is 0 Å². The highest BCUT2D eigenvalue weighted by atomic mass is 32.1. The fourth-order valence-electron chi connectivity index (χ4n) is 3.40. The number of methoxy groups -OCH3 is 1. The molecule has 30 heavy (non-hydrogen) atoms. The van der Waals surface area contributed by atoms with Gasteiger partial charge in [-0.1, -0.05) is 12.1 Å². The number of nitrogens with one attached hydrogen (secondary N) is 1. The highest BCUT2D eigenvalue weighted by Gasteiger charge is 2.27. The number of amides is 1. The van der Waals surface area contributed by atoms with E-state index in [0.29, 0.717) is 21.6 Å². The van der Waals surface area contributed by atoms with Crippen LogP contribution in [0.1, 0.15) is 44.1 Å². The molecule has 4 rings (SSSR count). The molecule has 0 fully saturated rings. The van der Waals surface area contributed by atoms with Gasteiger partial charge in [0.25, 0.3) is 5.91 Å². The Morgan fingerprint density at radius 3 is 2.67 bits per heavy atom. The fourth-order valence-corrected chi connectivity index (χ4v) is 4.69. The summed E-state index contributed by atoms with van der Waals surface area (Å²) in [6.07, 6.45) is 5.00. The Labute approximate surface area is 176 Å². The van der Waals surface area contributed by atoms with Gasteiger partial charge in [0.2, 0.25) is 0 Å². The van der Waals surface area contributed by atoms with Crippen molar-refractivity contribution >= 4 is 45.2 Å². The van der Waals surface area contributed by atoms with Crippen LogP contribution < -0.4 is 5.32 Å². The molecule has 2 heterocycles. The van der Waals surface area contributed by atoms with Gasteiger partial charge in [-0.3, -0.25) is 9.78 Å². The molecule has 1 aliphatic rings. The third-order valence-corrected chi connectivity index (χ3v) is 6.01. The Kier molecular flexibility index (Phi) is 5.71. The Balaban J connectivity index is 1.44. The van der Waals surface area contributed by atoms with Gasteiger partial charge in [0.1, 0.15) is 5.00 Å². The van der Waals surface area contributed by atoms with Crippen LogP contribution in [-0.4, -0.2) is 41.5 Å². The quantitative estimate of drug-likeness (QED) is 0.626. The van der Waals surface area contributed by atoms with Gasteiger partial charge in [-0.25, -0.2) is 14.6 Å². The number of rotatable bonds is 5. The second kappa shape index (κ2) is 8.58. The first-order chi connectivity index (χ1) is 14.6. The molecule has 1 amide bonds. The number of esters is 2. The van der Waals surface area contributed by atoms with E-state index in [0.717, 1.165) is 36.1 Å². The predicted molar refractivity (Wildman–Crippen MR) is 111 cm³/mol. The van der Waals surface area contributed by atoms with E-state index < -0.39 is 24.5 Å². The van der Waals surface area contributed by atoms with Crippen molar-refractivity contribution in [2.75, 3.05) is 19.0 Å². The van der Waals surface area contributed by atoms with Crippen molar-refractivity contribution in [1.29, 1.82) is 0 Å². The van der Waals surface area contributed by atoms with E-state index in [9.17, 15) is 14.4 Å². The molecular formula is C21H19N3O5S. The van der Waals surface area contributed by atoms with E-state index in [1.54, 1.807) is 18.2 Å². The van der Waals surface area contributed by atoms with E-state index in [2.05, 4.69) is 15.3 Å². The van der Waals surface area contributed by atoms with Crippen LogP contribution in [0.5, 0.6) is 0 Å². The van der Waals surface area contributed by atoms with Gasteiger partial charge in [-0.2, -0.15) is 0 Å². The predicted octanol–water partition coefficient (Wildman–Crippen LogP) is 3.15. The Morgan fingerprint density at radius 2 is 1.87 bits per heavy atom. The lowest BCUT2D eigenvalue weighted by Gasteiger charge is -2.11. The number of ether oxygens (including phenoxy) is 2. The number of carbonyl (C=O) groups excluding carboxylic acids is 3. The van der Waals surface area contributed by atoms with Crippen LogP contribution in [0, 0.1) is 0 Å². The van der Waals surface area contributed by atoms with Gasteiger partial charge >= 0.3 is 11.9 Å². The van der Waals surface area contributed by atoms with E-state index in [1.165, 1.54) is 24.6 Å². The zero-order valence-corrected chi connectivity index (χ0v) is 17.1. The maximum Gasteiger partial charge on any atom is 0.359 e. The molecule has 1 N–H and O–H groups in total. The molecule has 0 saturated carbocycles. The normalized spacial score (nSPS) is 12.8. The third kappa shape index (κ3) is 4.02. The summed E-state index contributed by atoms with van der Waals surface area (Å²) < 4.78 is 9.96. The summed E-state index contributed by atoms with van der Waals surface area (Å²) in [5, 5.41) is 3.12. The molecule has 1 aliphatic carbocycles. The van der Waals surface area contributed by atoms with Gasteiger partial charge in [-0.15, -0.1) is 11.3 Å². The van der Waals surface area contributed by atoms with Crippen molar-refractivity contribution in [3.05, 3.63) is 52.2 Å². The molecule has 0 bridgehead atoms. The lowest BCUT2D eigenvalue weighted by molar-refractivity contribution is -0.119. The maximum atomic E-state index is 12.4. The van der Waals surface area contributed by atoms with E-state index in [1.807, 2.05) is 6.07 Å². The number of carbonyl (C=O) groups is 3. The largest absolute Gasteiger partial charge is 0.465 e. The number of para-hydroxylation sites is 2. The summed E-state index contributed by atoms with van der Waals surface area (Å²) in [4.78, 5) is 46.3. The van der Waals surface area contributed by atoms with Crippen LogP contribution >= 0.6 is 11.3 Å². The number of fused-ring (bicyclic) bond motifs is 2. The van der Waals surface area contributed by atoms with Crippen molar-refractivity contribution in [2.24, 2.45) is 0 Å². The molecule has 3 aromatic rings. The SMILES string of the molecule is COC(=O)c1c(NC(=O)COC(=O)c2cnc3ccccc3n2)sc2c1CCCC2. The third-order valence-electron chi connectivity index (χ3n) is 4.81. The number of aryl methyl sites for hydroxylation is 1. The highest BCUT2D eigenvalue weighted by molar-refractivity contribution is 7.17. The Bertz CT molecular complexity index is 1140. The Morgan fingerprint density at radius 1 is 1.10 bits per heavy atom. The van der Waals surface area contributed by atoms with E-state index >= 15 is 0 Å². The summed E-state index contributed by atoms with van der Waals surface area (Å²) in [6.45, 7) is -0.503. The van der Waals surface area contributed by atoms with Gasteiger partial charge in [0.15, 0.2) is 12.3 Å². The number of aromatic nitrogens is 2. The lowest BCUT2D eigenvalue weighted by Crippen LogP contribution is -2.22. The van der Waals surface area contributed by atoms with E-state index in [4.69, 9.17) is 9.47 Å². The summed E-state index contributed by atoms with van der Waals surface area (Å²) in [5.74, 6) is -1.77. The summed E-state index contributed by atoms with van der Waals surface area (Å²) in [7, 11) is 1.31. The van der Waals surface area contributed by atoms with Crippen molar-refractivity contribution in [1.82, 2.24) is 9.97 Å². The molecular weight excluding hydrogens is 406 g/mol. The average molecular weight is 425 g/mol. The maximum absolute atomic E-state index is 12.4. The first kappa shape index (κ1) is 20.0. The average Bonchev–Trinajstić information content (AvgIpc) is 3.14. The number of anilines is 1. The first-order valence-electron chi connectivity index (χ1n) is 9.48. The van der Waals surface area contributed by atoms with Crippen LogP contribution in [0.3, 0.4) is 0 Å². The molecule has 8 nitrogen and oxygen atoms in total. The van der Waals surface area contributed by atoms with Crippen LogP contribution in [0.15, 0.2) is 30.5 Å². The van der Waals surface area contributed by atoms with Crippen molar-refractivity contribution in [3.8, 4) is 0 Å². The van der Waals surface area contributed by atoms with Gasteiger partial charge in [0.05, 0.1) is 29.9 Å². The number of thiophene rings is 1. The monoisotopic (exact) mass is 425 g/mol. The second-order valence-electron chi connectivity index (χ2n) is 6.77. The second-order valence-corrected chi connectivity index (χ2v) is 7.88. The first-order valence-corrected chi connectivity index (χ1v) is 10.3. The van der Waals surface area contributed by atoms with Crippen LogP contribution in [-0.2, 0) is 27.1 Å². The number of hydrogen-bond donors (Lipinski definition) is 1. The minimum atomic E-state index is -0.748. The standard InChI is InChI=1S/C21H19N3O5S/c1-28-21(27)18-12-6-2-5-9-16(12)30-19(18)24-17(25)11-29-20(26)15-10-22-13-7-3-4-8-14(13)23-15/h3-4,7-8,10H,2,5-6,9,11H2,1H3,(H,24,25). The lowest BCUT2D eigenvalue weighted by atomic mass is 9.95. The zero-order valence-electron chi connectivity index (χ0n) is 16.3. The number of nitrogens with zero attached hydrogens (tertiary/aromatic N) is 2. The topological polar surface area (TPSA) is 107 Å². The minimum absolute atomic E-state index is 0.0170. The summed E-state index contributed by atoms with van der Waals surface area (Å²) in [5.41, 5.74) is 2.57. The molecule has 0 spiro atoms. The van der Waals surface area contributed by atoms with Gasteiger partial charge in [0, 0.05) is 4.88 Å². The van der Waals surface area contributed by atoms with Crippen molar-refractivity contribution < 1.29 is 23.9 Å². The molecule has 1 aromatic carbocycles. The molecule has 0 radical (unpaired) electrons. The smallest absolute Gasteiger partial charge is 0.359 e. The van der Waals surface area contributed by atoms with Crippen LogP contribution in [0.25, 0.3) is 11.0 Å². The van der Waals surface area contributed by atoms with Gasteiger partial charge in [-0.05, 0) is 43.4 Å². The minimum Gasteiger partial charge on any atom is -0.465 e. The number of hydrogen-bond acceptors (Lipinski definition) is 8. The molecule has 2 aromatic heterocycles. The summed E-state index contributed by atoms with van der Waals surface area (Å²) in [6, 6.07) is 7.13. The molecule has 0 atom stereocenters. The molecule has 0 unspecified atom stereocenters. The highest BCUT2D eigenvalue weighted by Crippen LogP contribution is 2.38. The molecule has 0 saturated heterocycles.